The van der Waals surface area contributed by atoms with E-state index in [1.807, 2.05) is 42.6 Å². The SMILES string of the molecule is COc1ccc(-c2nccn2[C@@H]2COC[C@@H]2CS(=O)(=O)N(C)C)c2ccccc12.O=CO. The Balaban J connectivity index is 0.000000913. The number of carbonyl (C=O) groups is 1. The van der Waals surface area contributed by atoms with Crippen molar-refractivity contribution in [3.05, 3.63) is 48.8 Å². The van der Waals surface area contributed by atoms with Crippen molar-refractivity contribution in [3.63, 3.8) is 0 Å². The molecule has 1 aliphatic rings. The van der Waals surface area contributed by atoms with Gasteiger partial charge in [-0.25, -0.2) is 17.7 Å². The zero-order valence-electron chi connectivity index (χ0n) is 18.2. The molecule has 1 fully saturated rings. The fourth-order valence-electron chi connectivity index (χ4n) is 3.91. The average molecular weight is 462 g/mol. The minimum Gasteiger partial charge on any atom is -0.496 e. The van der Waals surface area contributed by atoms with Gasteiger partial charge in [0.15, 0.2) is 0 Å². The van der Waals surface area contributed by atoms with Gasteiger partial charge in [0.2, 0.25) is 10.0 Å². The smallest absolute Gasteiger partial charge is 0.290 e. The van der Waals surface area contributed by atoms with E-state index in [0.29, 0.717) is 13.2 Å². The molecule has 2 heterocycles. The first-order valence-corrected chi connectivity index (χ1v) is 11.6. The number of carboxylic acid groups (broad SMARTS) is 1. The molecule has 32 heavy (non-hydrogen) atoms. The summed E-state index contributed by atoms with van der Waals surface area (Å²) in [6.45, 7) is 0.629. The van der Waals surface area contributed by atoms with Gasteiger partial charge >= 0.3 is 0 Å². The van der Waals surface area contributed by atoms with E-state index in [9.17, 15) is 8.42 Å². The van der Waals surface area contributed by atoms with Crippen LogP contribution in [0.5, 0.6) is 5.75 Å². The van der Waals surface area contributed by atoms with Crippen LogP contribution >= 0.6 is 0 Å². The molecule has 0 radical (unpaired) electrons. The van der Waals surface area contributed by atoms with Crippen molar-refractivity contribution in [2.45, 2.75) is 6.04 Å². The summed E-state index contributed by atoms with van der Waals surface area (Å²) in [5.74, 6) is 1.51. The molecule has 0 spiro atoms. The van der Waals surface area contributed by atoms with Crippen LogP contribution < -0.4 is 4.74 Å². The van der Waals surface area contributed by atoms with E-state index in [1.165, 1.54) is 4.31 Å². The number of rotatable bonds is 6. The second-order valence-corrected chi connectivity index (χ2v) is 9.78. The number of nitrogens with zero attached hydrogens (tertiary/aromatic N) is 3. The zero-order chi connectivity index (χ0) is 23.3. The van der Waals surface area contributed by atoms with Gasteiger partial charge in [-0.1, -0.05) is 24.3 Å². The van der Waals surface area contributed by atoms with E-state index in [1.54, 1.807) is 27.4 Å². The van der Waals surface area contributed by atoms with Gasteiger partial charge in [-0.3, -0.25) is 4.79 Å². The summed E-state index contributed by atoms with van der Waals surface area (Å²) in [4.78, 5) is 13.0. The molecular weight excluding hydrogens is 434 g/mol. The topological polar surface area (TPSA) is 111 Å². The number of imidazole rings is 1. The maximum Gasteiger partial charge on any atom is 0.290 e. The molecule has 0 amide bonds. The van der Waals surface area contributed by atoms with Crippen LogP contribution in [0.15, 0.2) is 48.8 Å². The number of sulfonamides is 1. The lowest BCUT2D eigenvalue weighted by atomic mass is 10.0. The number of ether oxygens (including phenoxy) is 2. The molecule has 2 atom stereocenters. The summed E-state index contributed by atoms with van der Waals surface area (Å²) in [7, 11) is 1.46. The molecule has 2 aromatic carbocycles. The highest BCUT2D eigenvalue weighted by Gasteiger charge is 2.35. The van der Waals surface area contributed by atoms with E-state index in [0.717, 1.165) is 27.9 Å². The number of benzene rings is 2. The van der Waals surface area contributed by atoms with E-state index < -0.39 is 10.0 Å². The number of aromatic nitrogens is 2. The summed E-state index contributed by atoms with van der Waals surface area (Å²) in [6, 6.07) is 11.9. The fraction of sp³-hybridized carbons (Fsp3) is 0.364. The second kappa shape index (κ2) is 10.1. The van der Waals surface area contributed by atoms with Gasteiger partial charge in [0, 0.05) is 43.4 Å². The Morgan fingerprint density at radius 2 is 1.91 bits per heavy atom. The molecule has 3 aromatic rings. The minimum atomic E-state index is -3.32. The van der Waals surface area contributed by atoms with Crippen LogP contribution in [0.3, 0.4) is 0 Å². The maximum absolute atomic E-state index is 12.4. The lowest BCUT2D eigenvalue weighted by Gasteiger charge is -2.23. The predicted octanol–water partition coefficient (Wildman–Crippen LogP) is 2.49. The summed E-state index contributed by atoms with van der Waals surface area (Å²) in [6.07, 6.45) is 3.66. The van der Waals surface area contributed by atoms with Crippen LogP contribution in [0.4, 0.5) is 0 Å². The molecule has 0 bridgehead atoms. The highest BCUT2D eigenvalue weighted by atomic mass is 32.2. The first-order valence-electron chi connectivity index (χ1n) is 9.98. The molecule has 10 heteroatoms. The fourth-order valence-corrected chi connectivity index (χ4v) is 5.06. The first-order chi connectivity index (χ1) is 15.3. The van der Waals surface area contributed by atoms with Crippen LogP contribution in [0.2, 0.25) is 0 Å². The minimum absolute atomic E-state index is 0.0473. The van der Waals surface area contributed by atoms with Crippen molar-refractivity contribution in [1.29, 1.82) is 0 Å². The highest BCUT2D eigenvalue weighted by Crippen LogP contribution is 2.37. The molecule has 1 saturated heterocycles. The quantitative estimate of drug-likeness (QED) is 0.562. The Kier molecular flexibility index (Phi) is 7.49. The number of hydrogen-bond acceptors (Lipinski definition) is 6. The van der Waals surface area contributed by atoms with Crippen LogP contribution in [0.1, 0.15) is 6.04 Å². The van der Waals surface area contributed by atoms with E-state index in [-0.39, 0.29) is 24.2 Å². The Morgan fingerprint density at radius 1 is 1.22 bits per heavy atom. The molecule has 9 nitrogen and oxygen atoms in total. The van der Waals surface area contributed by atoms with Crippen molar-refractivity contribution in [1.82, 2.24) is 13.9 Å². The number of hydrogen-bond donors (Lipinski definition) is 1. The summed E-state index contributed by atoms with van der Waals surface area (Å²) in [5.41, 5.74) is 0.979. The van der Waals surface area contributed by atoms with Crippen molar-refractivity contribution < 1.29 is 27.8 Å². The number of fused-ring (bicyclic) bond motifs is 1. The lowest BCUT2D eigenvalue weighted by Crippen LogP contribution is -2.32. The molecule has 172 valence electrons. The Bertz CT molecular complexity index is 1180. The van der Waals surface area contributed by atoms with Gasteiger partial charge in [0.05, 0.1) is 32.1 Å². The van der Waals surface area contributed by atoms with Crippen LogP contribution in [-0.4, -0.2) is 74.0 Å². The second-order valence-electron chi connectivity index (χ2n) is 7.55. The van der Waals surface area contributed by atoms with Gasteiger partial charge in [0.25, 0.3) is 6.47 Å². The molecule has 1 aliphatic heterocycles. The largest absolute Gasteiger partial charge is 0.496 e. The van der Waals surface area contributed by atoms with Crippen LogP contribution in [-0.2, 0) is 19.6 Å². The van der Waals surface area contributed by atoms with Crippen molar-refractivity contribution in [2.24, 2.45) is 5.92 Å². The summed E-state index contributed by atoms with van der Waals surface area (Å²) in [5, 5.41) is 8.94. The van der Waals surface area contributed by atoms with Crippen molar-refractivity contribution >= 4 is 27.3 Å². The molecule has 4 rings (SSSR count). The van der Waals surface area contributed by atoms with Crippen LogP contribution in [0, 0.1) is 5.92 Å². The molecule has 1 N–H and O–H groups in total. The monoisotopic (exact) mass is 461 g/mol. The standard InChI is InChI=1S/C21H25N3O4S.CH2O2/c1-23(2)29(25,26)14-15-12-28-13-19(15)24-11-10-22-21(24)18-8-9-20(27-3)17-7-5-4-6-16(17)18;2-1-3/h4-11,15,19H,12-14H2,1-3H3;1H,(H,2,3)/t15-,19-;/m1./s1. The zero-order valence-corrected chi connectivity index (χ0v) is 19.0. The normalized spacial score (nSPS) is 18.4. The van der Waals surface area contributed by atoms with E-state index in [4.69, 9.17) is 19.4 Å². The van der Waals surface area contributed by atoms with Crippen LogP contribution in [0.25, 0.3) is 22.2 Å². The van der Waals surface area contributed by atoms with E-state index >= 15 is 0 Å². The third-order valence-corrected chi connectivity index (χ3v) is 7.48. The first kappa shape index (κ1) is 23.7. The van der Waals surface area contributed by atoms with Crippen molar-refractivity contribution in [3.8, 4) is 17.1 Å². The average Bonchev–Trinajstić information content (AvgIpc) is 3.42. The van der Waals surface area contributed by atoms with Gasteiger partial charge in [-0.05, 0) is 17.5 Å². The van der Waals surface area contributed by atoms with Gasteiger partial charge in [0.1, 0.15) is 11.6 Å². The predicted molar refractivity (Wildman–Crippen MR) is 121 cm³/mol. The lowest BCUT2D eigenvalue weighted by molar-refractivity contribution is -0.122. The molecule has 0 saturated carbocycles. The third kappa shape index (κ3) is 4.77. The highest BCUT2D eigenvalue weighted by molar-refractivity contribution is 7.89. The summed E-state index contributed by atoms with van der Waals surface area (Å²) >= 11 is 0. The Hall–Kier alpha value is -2.95. The van der Waals surface area contributed by atoms with Gasteiger partial charge in [-0.15, -0.1) is 0 Å². The van der Waals surface area contributed by atoms with Gasteiger partial charge in [-0.2, -0.15) is 0 Å². The maximum atomic E-state index is 12.4. The molecule has 0 aliphatic carbocycles. The molecule has 1 aromatic heterocycles. The number of methoxy groups -OCH3 is 1. The Morgan fingerprint density at radius 3 is 2.56 bits per heavy atom. The van der Waals surface area contributed by atoms with Gasteiger partial charge < -0.3 is 19.1 Å². The summed E-state index contributed by atoms with van der Waals surface area (Å²) < 4.78 is 39.4. The molecule has 0 unspecified atom stereocenters. The Labute approximate surface area is 187 Å². The van der Waals surface area contributed by atoms with Crippen molar-refractivity contribution in [2.75, 3.05) is 40.2 Å². The molecular formula is C22H27N3O6S. The third-order valence-electron chi connectivity index (χ3n) is 5.52. The van der Waals surface area contributed by atoms with E-state index in [2.05, 4.69) is 9.55 Å².